The molecule has 6 nitrogen and oxygen atoms in total. The van der Waals surface area contributed by atoms with Crippen LogP contribution in [0, 0.1) is 0 Å². The van der Waals surface area contributed by atoms with Crippen molar-refractivity contribution in [2.45, 2.75) is 84.6 Å². The molecular weight excluding hydrogens is 557 g/mol. The van der Waals surface area contributed by atoms with E-state index in [-0.39, 0.29) is 16.8 Å². The molecule has 3 aromatic rings. The molecule has 1 N–H and O–H groups in total. The summed E-state index contributed by atoms with van der Waals surface area (Å²) in [6, 6.07) is 29.6. The van der Waals surface area contributed by atoms with Crippen molar-refractivity contribution in [3.8, 4) is 17.2 Å². The SMILES string of the molecule is CC(C)(C)Oc1ccccc1.CC(C)(C)Oc1ccccc1.CC(C)(C)Oc1ccccc1.O=S(=O)(O)C(F)(F)F. The van der Waals surface area contributed by atoms with E-state index in [1.54, 1.807) is 0 Å². The monoisotopic (exact) mass is 600 g/mol. The zero-order chi connectivity index (χ0) is 32.0. The third-order valence-corrected chi connectivity index (χ3v) is 4.38. The summed E-state index contributed by atoms with van der Waals surface area (Å²) in [5, 5.41) is 0. The lowest BCUT2D eigenvalue weighted by Gasteiger charge is -2.20. The van der Waals surface area contributed by atoms with E-state index >= 15 is 0 Å². The number of para-hydroxylation sites is 3. The molecule has 3 rings (SSSR count). The lowest BCUT2D eigenvalue weighted by molar-refractivity contribution is -0.0510. The molecule has 41 heavy (non-hydrogen) atoms. The van der Waals surface area contributed by atoms with Crippen LogP contribution in [0.5, 0.6) is 17.2 Å². The topological polar surface area (TPSA) is 82.1 Å². The number of benzene rings is 3. The Labute approximate surface area is 243 Å². The van der Waals surface area contributed by atoms with Gasteiger partial charge in [0.1, 0.15) is 34.1 Å². The first kappa shape index (κ1) is 37.8. The summed E-state index contributed by atoms with van der Waals surface area (Å²) in [6.07, 6.45) is 0. The van der Waals surface area contributed by atoms with Gasteiger partial charge in [-0.2, -0.15) is 21.6 Å². The van der Waals surface area contributed by atoms with E-state index in [2.05, 4.69) is 0 Å². The summed E-state index contributed by atoms with van der Waals surface area (Å²) in [5.74, 6) is 2.79. The van der Waals surface area contributed by atoms with Crippen molar-refractivity contribution in [3.63, 3.8) is 0 Å². The highest BCUT2D eigenvalue weighted by molar-refractivity contribution is 7.86. The summed E-state index contributed by atoms with van der Waals surface area (Å²) in [6.45, 7) is 18.4. The third kappa shape index (κ3) is 22.2. The fraction of sp³-hybridized carbons (Fsp3) is 0.419. The molecule has 10 heteroatoms. The fourth-order valence-corrected chi connectivity index (χ4v) is 2.53. The van der Waals surface area contributed by atoms with Crippen LogP contribution in [0.4, 0.5) is 13.2 Å². The van der Waals surface area contributed by atoms with Crippen LogP contribution in [-0.4, -0.2) is 35.3 Å². The predicted molar refractivity (Wildman–Crippen MR) is 158 cm³/mol. The number of rotatable bonds is 3. The minimum Gasteiger partial charge on any atom is -0.488 e. The third-order valence-electron chi connectivity index (χ3n) is 3.79. The Balaban J connectivity index is 0.000000525. The fourth-order valence-electron chi connectivity index (χ4n) is 2.53. The van der Waals surface area contributed by atoms with Crippen LogP contribution in [-0.2, 0) is 10.1 Å². The number of halogens is 3. The minimum atomic E-state index is -5.84. The highest BCUT2D eigenvalue weighted by Crippen LogP contribution is 2.21. The van der Waals surface area contributed by atoms with Gasteiger partial charge in [0.05, 0.1) is 0 Å². The van der Waals surface area contributed by atoms with Crippen LogP contribution >= 0.6 is 0 Å². The van der Waals surface area contributed by atoms with Gasteiger partial charge in [-0.25, -0.2) is 0 Å². The predicted octanol–water partition coefficient (Wildman–Crippen LogP) is 8.99. The summed E-state index contributed by atoms with van der Waals surface area (Å²) in [4.78, 5) is 0. The van der Waals surface area contributed by atoms with E-state index in [4.69, 9.17) is 27.2 Å². The van der Waals surface area contributed by atoms with E-state index in [0.717, 1.165) is 17.2 Å². The van der Waals surface area contributed by atoms with Crippen molar-refractivity contribution in [1.82, 2.24) is 0 Å². The first-order chi connectivity index (χ1) is 18.5. The molecule has 0 radical (unpaired) electrons. The number of alkyl halides is 3. The summed E-state index contributed by atoms with van der Waals surface area (Å²) in [5.41, 5.74) is -5.82. The molecule has 0 amide bonds. The molecule has 3 aromatic carbocycles. The molecule has 0 heterocycles. The second kappa shape index (κ2) is 16.3. The van der Waals surface area contributed by atoms with E-state index in [1.165, 1.54) is 0 Å². The molecule has 0 atom stereocenters. The van der Waals surface area contributed by atoms with Crippen LogP contribution in [0.1, 0.15) is 62.3 Å². The Morgan fingerprint density at radius 3 is 0.780 bits per heavy atom. The van der Waals surface area contributed by atoms with E-state index in [1.807, 2.05) is 153 Å². The zero-order valence-electron chi connectivity index (χ0n) is 25.2. The maximum absolute atomic E-state index is 10.7. The van der Waals surface area contributed by atoms with Crippen molar-refractivity contribution >= 4 is 10.1 Å². The van der Waals surface area contributed by atoms with Crippen molar-refractivity contribution < 1.29 is 40.4 Å². The molecule has 0 bridgehead atoms. The average Bonchev–Trinajstić information content (AvgIpc) is 2.78. The van der Waals surface area contributed by atoms with Gasteiger partial charge in [0.25, 0.3) is 0 Å². The van der Waals surface area contributed by atoms with E-state index < -0.39 is 15.6 Å². The van der Waals surface area contributed by atoms with Gasteiger partial charge >= 0.3 is 15.6 Å². The van der Waals surface area contributed by atoms with E-state index in [0.29, 0.717) is 0 Å². The summed E-state index contributed by atoms with van der Waals surface area (Å²) in [7, 11) is -5.84. The van der Waals surface area contributed by atoms with Crippen LogP contribution in [0.3, 0.4) is 0 Å². The van der Waals surface area contributed by atoms with Gasteiger partial charge in [0, 0.05) is 0 Å². The Hall–Kier alpha value is -3.24. The van der Waals surface area contributed by atoms with Crippen molar-refractivity contribution in [3.05, 3.63) is 91.0 Å². The molecule has 230 valence electrons. The first-order valence-electron chi connectivity index (χ1n) is 12.7. The Morgan fingerprint density at radius 1 is 0.488 bits per heavy atom. The maximum Gasteiger partial charge on any atom is 0.522 e. The molecule has 0 fully saturated rings. The van der Waals surface area contributed by atoms with E-state index in [9.17, 15) is 13.2 Å². The van der Waals surface area contributed by atoms with Gasteiger partial charge in [-0.3, -0.25) is 4.55 Å². The van der Waals surface area contributed by atoms with Gasteiger partial charge in [0.2, 0.25) is 0 Å². The minimum absolute atomic E-state index is 0.0959. The normalized spacial score (nSPS) is 11.7. The van der Waals surface area contributed by atoms with Gasteiger partial charge in [-0.1, -0.05) is 54.6 Å². The van der Waals surface area contributed by atoms with Gasteiger partial charge in [-0.15, -0.1) is 0 Å². The number of hydrogen-bond donors (Lipinski definition) is 1. The maximum atomic E-state index is 10.7. The quantitative estimate of drug-likeness (QED) is 0.239. The standard InChI is InChI=1S/3C10H14O.CHF3O3S/c3*1-10(2,3)11-9-7-5-4-6-8-9;2-1(3,4)8(5,6)7/h3*4-8H,1-3H3;(H,5,6,7). The Bertz CT molecular complexity index is 1070. The first-order valence-corrected chi connectivity index (χ1v) is 14.2. The molecule has 0 aliphatic rings. The molecule has 0 saturated heterocycles. The lowest BCUT2D eigenvalue weighted by Crippen LogP contribution is -2.22. The van der Waals surface area contributed by atoms with Crippen LogP contribution in [0.15, 0.2) is 91.0 Å². The van der Waals surface area contributed by atoms with Crippen molar-refractivity contribution in [2.24, 2.45) is 0 Å². The average molecular weight is 601 g/mol. The molecule has 0 aliphatic carbocycles. The van der Waals surface area contributed by atoms with Crippen LogP contribution < -0.4 is 14.2 Å². The van der Waals surface area contributed by atoms with Crippen molar-refractivity contribution in [2.75, 3.05) is 0 Å². The molecular formula is C31H43F3O6S. The van der Waals surface area contributed by atoms with Crippen molar-refractivity contribution in [1.29, 1.82) is 0 Å². The smallest absolute Gasteiger partial charge is 0.488 e. The second-order valence-electron chi connectivity index (χ2n) is 11.5. The summed E-state index contributed by atoms with van der Waals surface area (Å²) < 4.78 is 74.3. The van der Waals surface area contributed by atoms with Gasteiger partial charge in [-0.05, 0) is 98.7 Å². The second-order valence-corrected chi connectivity index (χ2v) is 12.9. The molecule has 0 aliphatic heterocycles. The number of ether oxygens (including phenoxy) is 3. The molecule has 0 spiro atoms. The molecule has 0 saturated carbocycles. The lowest BCUT2D eigenvalue weighted by atomic mass is 10.2. The zero-order valence-corrected chi connectivity index (χ0v) is 26.0. The Kier molecular flexibility index (Phi) is 15.0. The van der Waals surface area contributed by atoms with Crippen LogP contribution in [0.25, 0.3) is 0 Å². The van der Waals surface area contributed by atoms with Crippen LogP contribution in [0.2, 0.25) is 0 Å². The highest BCUT2D eigenvalue weighted by Gasteiger charge is 2.44. The summed E-state index contributed by atoms with van der Waals surface area (Å²) >= 11 is 0. The molecule has 0 unspecified atom stereocenters. The van der Waals surface area contributed by atoms with Gasteiger partial charge in [0.15, 0.2) is 0 Å². The molecule has 0 aromatic heterocycles. The highest BCUT2D eigenvalue weighted by atomic mass is 32.2. The van der Waals surface area contributed by atoms with Gasteiger partial charge < -0.3 is 14.2 Å². The number of hydrogen-bond acceptors (Lipinski definition) is 5. The largest absolute Gasteiger partial charge is 0.522 e. The Morgan fingerprint density at radius 2 is 0.659 bits per heavy atom.